The molecule has 0 saturated heterocycles. The van der Waals surface area contributed by atoms with Gasteiger partial charge in [-0.2, -0.15) is 0 Å². The smallest absolute Gasteiger partial charge is 0.222 e. The van der Waals surface area contributed by atoms with Crippen molar-refractivity contribution in [2.24, 2.45) is 16.6 Å². The molecule has 0 aliphatic carbocycles. The second-order valence-electron chi connectivity index (χ2n) is 6.13. The Balaban J connectivity index is 1.98. The zero-order valence-corrected chi connectivity index (χ0v) is 15.2. The molecular weight excluding hydrogens is 350 g/mol. The van der Waals surface area contributed by atoms with E-state index in [0.29, 0.717) is 32.0 Å². The molecule has 2 rings (SSSR count). The Bertz CT molecular complexity index is 761. The number of nitrogens with one attached hydrogen (secondary N) is 2. The first kappa shape index (κ1) is 20.4. The lowest BCUT2D eigenvalue weighted by atomic mass is 9.98. The Hall–Kier alpha value is -2.96. The largest absolute Gasteiger partial charge is 0.369 e. The van der Waals surface area contributed by atoms with E-state index in [2.05, 4.69) is 15.6 Å². The molecule has 0 spiro atoms. The van der Waals surface area contributed by atoms with Gasteiger partial charge in [-0.3, -0.25) is 4.79 Å². The van der Waals surface area contributed by atoms with Gasteiger partial charge in [0.25, 0.3) is 0 Å². The molecule has 144 valence electrons. The van der Waals surface area contributed by atoms with Crippen molar-refractivity contribution in [2.45, 2.75) is 19.9 Å². The number of primary amides is 1. The third-order valence-electron chi connectivity index (χ3n) is 3.99. The minimum absolute atomic E-state index is 0.294. The zero-order chi connectivity index (χ0) is 19.6. The van der Waals surface area contributed by atoms with Gasteiger partial charge >= 0.3 is 0 Å². The Kier molecular flexibility index (Phi) is 7.73. The fourth-order valence-corrected chi connectivity index (χ4v) is 2.50. The molecule has 0 bridgehead atoms. The number of amides is 1. The molecule has 1 atom stereocenters. The molecule has 0 heterocycles. The van der Waals surface area contributed by atoms with Gasteiger partial charge in [0, 0.05) is 13.1 Å². The van der Waals surface area contributed by atoms with E-state index in [-0.39, 0.29) is 11.6 Å². The third-order valence-corrected chi connectivity index (χ3v) is 3.99. The Morgan fingerprint density at radius 1 is 1.00 bits per heavy atom. The number of hydrogen-bond acceptors (Lipinski definition) is 2. The minimum atomic E-state index is -0.467. The normalized spacial score (nSPS) is 12.5. The van der Waals surface area contributed by atoms with Gasteiger partial charge in [0.2, 0.25) is 5.91 Å². The predicted molar refractivity (Wildman–Crippen MR) is 102 cm³/mol. The highest BCUT2D eigenvalue weighted by Gasteiger charge is 2.16. The summed E-state index contributed by atoms with van der Waals surface area (Å²) < 4.78 is 26.0. The number of benzene rings is 2. The SMILES string of the molecule is CCNC(=NCc1ccc(F)cc1)NCC(Cc1ccc(F)cc1)C(N)=O. The Morgan fingerprint density at radius 3 is 2.07 bits per heavy atom. The van der Waals surface area contributed by atoms with Crippen LogP contribution in [0, 0.1) is 17.6 Å². The second kappa shape index (κ2) is 10.3. The molecule has 27 heavy (non-hydrogen) atoms. The first-order chi connectivity index (χ1) is 13.0. The van der Waals surface area contributed by atoms with Gasteiger partial charge in [-0.05, 0) is 48.7 Å². The maximum atomic E-state index is 13.0. The van der Waals surface area contributed by atoms with Crippen LogP contribution in [0.1, 0.15) is 18.1 Å². The van der Waals surface area contributed by atoms with Crippen molar-refractivity contribution < 1.29 is 13.6 Å². The van der Waals surface area contributed by atoms with E-state index in [4.69, 9.17) is 5.73 Å². The van der Waals surface area contributed by atoms with Crippen LogP contribution >= 0.6 is 0 Å². The van der Waals surface area contributed by atoms with Gasteiger partial charge in [-0.1, -0.05) is 24.3 Å². The quantitative estimate of drug-likeness (QED) is 0.490. The molecule has 5 nitrogen and oxygen atoms in total. The topological polar surface area (TPSA) is 79.5 Å². The number of aliphatic imine (C=N–C) groups is 1. The van der Waals surface area contributed by atoms with E-state index in [1.54, 1.807) is 24.3 Å². The number of rotatable bonds is 8. The maximum Gasteiger partial charge on any atom is 0.222 e. The van der Waals surface area contributed by atoms with Crippen LogP contribution in [0.4, 0.5) is 8.78 Å². The third kappa shape index (κ3) is 7.05. The number of carbonyl (C=O) groups excluding carboxylic acids is 1. The molecule has 0 aliphatic heterocycles. The predicted octanol–water partition coefficient (Wildman–Crippen LogP) is 2.36. The maximum absolute atomic E-state index is 13.0. The Morgan fingerprint density at radius 2 is 1.56 bits per heavy atom. The molecule has 7 heteroatoms. The van der Waals surface area contributed by atoms with Crippen molar-refractivity contribution >= 4 is 11.9 Å². The van der Waals surface area contributed by atoms with E-state index >= 15 is 0 Å². The molecule has 2 aromatic carbocycles. The van der Waals surface area contributed by atoms with Crippen LogP contribution in [0.3, 0.4) is 0 Å². The van der Waals surface area contributed by atoms with Crippen molar-refractivity contribution in [3.05, 3.63) is 71.3 Å². The van der Waals surface area contributed by atoms with E-state index in [0.717, 1.165) is 11.1 Å². The van der Waals surface area contributed by atoms with E-state index in [1.165, 1.54) is 24.3 Å². The first-order valence-electron chi connectivity index (χ1n) is 8.78. The fourth-order valence-electron chi connectivity index (χ4n) is 2.50. The summed E-state index contributed by atoms with van der Waals surface area (Å²) in [6.45, 7) is 3.24. The summed E-state index contributed by atoms with van der Waals surface area (Å²) in [6, 6.07) is 12.1. The molecule has 0 aliphatic rings. The summed E-state index contributed by atoms with van der Waals surface area (Å²) in [7, 11) is 0. The van der Waals surface area contributed by atoms with Gasteiger partial charge in [-0.25, -0.2) is 13.8 Å². The second-order valence-corrected chi connectivity index (χ2v) is 6.13. The monoisotopic (exact) mass is 374 g/mol. The Labute approximate surface area is 157 Å². The lowest BCUT2D eigenvalue weighted by Crippen LogP contribution is -2.43. The number of nitrogens with two attached hydrogens (primary N) is 1. The average molecular weight is 374 g/mol. The summed E-state index contributed by atoms with van der Waals surface area (Å²) >= 11 is 0. The summed E-state index contributed by atoms with van der Waals surface area (Å²) in [4.78, 5) is 16.2. The molecule has 0 saturated carbocycles. The van der Waals surface area contributed by atoms with Crippen LogP contribution in [-0.2, 0) is 17.8 Å². The average Bonchev–Trinajstić information content (AvgIpc) is 2.65. The summed E-state index contributed by atoms with van der Waals surface area (Å²) in [5, 5.41) is 6.20. The molecule has 2 aromatic rings. The van der Waals surface area contributed by atoms with Gasteiger partial charge in [0.15, 0.2) is 5.96 Å². The summed E-state index contributed by atoms with van der Waals surface area (Å²) in [5.41, 5.74) is 7.20. The lowest BCUT2D eigenvalue weighted by molar-refractivity contribution is -0.121. The summed E-state index contributed by atoms with van der Waals surface area (Å²) in [6.07, 6.45) is 0.403. The van der Waals surface area contributed by atoms with Crippen LogP contribution in [0.25, 0.3) is 0 Å². The molecule has 0 aromatic heterocycles. The fraction of sp³-hybridized carbons (Fsp3) is 0.300. The van der Waals surface area contributed by atoms with Crippen LogP contribution in [0.2, 0.25) is 0 Å². The molecular formula is C20H24F2N4O. The highest BCUT2D eigenvalue weighted by Crippen LogP contribution is 2.10. The molecule has 1 amide bonds. The van der Waals surface area contributed by atoms with Crippen molar-refractivity contribution in [1.29, 1.82) is 0 Å². The minimum Gasteiger partial charge on any atom is -0.369 e. The standard InChI is InChI=1S/C20H24F2N4O/c1-2-24-20(25-12-15-5-9-18(22)10-6-15)26-13-16(19(23)27)11-14-3-7-17(21)8-4-14/h3-10,16H,2,11-13H2,1H3,(H2,23,27)(H2,24,25,26). The molecule has 0 fully saturated rings. The zero-order valence-electron chi connectivity index (χ0n) is 15.2. The highest BCUT2D eigenvalue weighted by molar-refractivity contribution is 5.81. The number of guanidine groups is 1. The van der Waals surface area contributed by atoms with Crippen LogP contribution in [-0.4, -0.2) is 25.0 Å². The highest BCUT2D eigenvalue weighted by atomic mass is 19.1. The van der Waals surface area contributed by atoms with Gasteiger partial charge in [-0.15, -0.1) is 0 Å². The van der Waals surface area contributed by atoms with Gasteiger partial charge in [0.1, 0.15) is 11.6 Å². The lowest BCUT2D eigenvalue weighted by Gasteiger charge is -2.17. The van der Waals surface area contributed by atoms with Crippen LogP contribution < -0.4 is 16.4 Å². The van der Waals surface area contributed by atoms with Crippen LogP contribution in [0.15, 0.2) is 53.5 Å². The molecule has 4 N–H and O–H groups in total. The van der Waals surface area contributed by atoms with E-state index in [1.807, 2.05) is 6.92 Å². The van der Waals surface area contributed by atoms with Crippen LogP contribution in [0.5, 0.6) is 0 Å². The summed E-state index contributed by atoms with van der Waals surface area (Å²) in [5.74, 6) is -0.994. The van der Waals surface area contributed by atoms with Gasteiger partial charge in [0.05, 0.1) is 12.5 Å². The van der Waals surface area contributed by atoms with Crippen molar-refractivity contribution in [3.8, 4) is 0 Å². The van der Waals surface area contributed by atoms with E-state index < -0.39 is 11.8 Å². The number of halogens is 2. The first-order valence-corrected chi connectivity index (χ1v) is 8.78. The number of carbonyl (C=O) groups is 1. The molecule has 1 unspecified atom stereocenters. The van der Waals surface area contributed by atoms with Crippen molar-refractivity contribution in [3.63, 3.8) is 0 Å². The number of nitrogens with zero attached hydrogens (tertiary/aromatic N) is 1. The number of hydrogen-bond donors (Lipinski definition) is 3. The molecule has 0 radical (unpaired) electrons. The van der Waals surface area contributed by atoms with Crippen molar-refractivity contribution in [1.82, 2.24) is 10.6 Å². The van der Waals surface area contributed by atoms with Crippen molar-refractivity contribution in [2.75, 3.05) is 13.1 Å². The van der Waals surface area contributed by atoms with Gasteiger partial charge < -0.3 is 16.4 Å². The van der Waals surface area contributed by atoms with E-state index in [9.17, 15) is 13.6 Å².